The Kier molecular flexibility index (Phi) is 4.28. The SMILES string of the molecule is Nc1ccc(/C=C/C(=O)N2CCC3CCCCC3C2)cc1. The number of piperidine rings is 1. The van der Waals surface area contributed by atoms with Crippen molar-refractivity contribution < 1.29 is 4.79 Å². The van der Waals surface area contributed by atoms with Crippen molar-refractivity contribution in [3.8, 4) is 0 Å². The highest BCUT2D eigenvalue weighted by molar-refractivity contribution is 5.91. The van der Waals surface area contributed by atoms with Gasteiger partial charge in [-0.25, -0.2) is 0 Å². The summed E-state index contributed by atoms with van der Waals surface area (Å²) in [6.45, 7) is 1.88. The van der Waals surface area contributed by atoms with E-state index in [0.717, 1.165) is 36.2 Å². The van der Waals surface area contributed by atoms with Crippen molar-refractivity contribution in [1.29, 1.82) is 0 Å². The first-order valence-corrected chi connectivity index (χ1v) is 8.05. The molecule has 1 aromatic carbocycles. The fraction of sp³-hybridized carbons (Fsp3) is 0.500. The Balaban J connectivity index is 1.59. The van der Waals surface area contributed by atoms with E-state index in [-0.39, 0.29) is 5.91 Å². The molecule has 21 heavy (non-hydrogen) atoms. The van der Waals surface area contributed by atoms with Crippen molar-refractivity contribution in [2.45, 2.75) is 32.1 Å². The number of anilines is 1. The summed E-state index contributed by atoms with van der Waals surface area (Å²) in [7, 11) is 0. The van der Waals surface area contributed by atoms with Crippen LogP contribution in [0.4, 0.5) is 5.69 Å². The number of likely N-dealkylation sites (tertiary alicyclic amines) is 1. The van der Waals surface area contributed by atoms with Gasteiger partial charge in [0.05, 0.1) is 0 Å². The van der Waals surface area contributed by atoms with Gasteiger partial charge in [0.2, 0.25) is 5.91 Å². The van der Waals surface area contributed by atoms with E-state index in [4.69, 9.17) is 5.73 Å². The minimum atomic E-state index is 0.149. The fourth-order valence-electron chi connectivity index (χ4n) is 3.68. The van der Waals surface area contributed by atoms with Crippen LogP contribution < -0.4 is 5.73 Å². The molecule has 1 aliphatic heterocycles. The van der Waals surface area contributed by atoms with Gasteiger partial charge in [-0.2, -0.15) is 0 Å². The molecular formula is C18H24N2O. The molecule has 0 radical (unpaired) electrons. The molecule has 2 aliphatic rings. The van der Waals surface area contributed by atoms with E-state index in [9.17, 15) is 4.79 Å². The maximum Gasteiger partial charge on any atom is 0.246 e. The zero-order valence-corrected chi connectivity index (χ0v) is 12.5. The number of carbonyl (C=O) groups excluding carboxylic acids is 1. The van der Waals surface area contributed by atoms with Gasteiger partial charge in [-0.05, 0) is 48.4 Å². The number of nitrogens with zero attached hydrogens (tertiary/aromatic N) is 1. The van der Waals surface area contributed by atoms with Crippen LogP contribution in [-0.2, 0) is 4.79 Å². The molecule has 3 nitrogen and oxygen atoms in total. The molecule has 1 aromatic rings. The van der Waals surface area contributed by atoms with Gasteiger partial charge in [0.1, 0.15) is 0 Å². The maximum atomic E-state index is 12.3. The smallest absolute Gasteiger partial charge is 0.246 e. The second-order valence-corrected chi connectivity index (χ2v) is 6.38. The van der Waals surface area contributed by atoms with Gasteiger partial charge >= 0.3 is 0 Å². The lowest BCUT2D eigenvalue weighted by Gasteiger charge is -2.41. The van der Waals surface area contributed by atoms with Gasteiger partial charge in [-0.1, -0.05) is 31.4 Å². The minimum absolute atomic E-state index is 0.149. The molecular weight excluding hydrogens is 260 g/mol. The van der Waals surface area contributed by atoms with E-state index in [1.165, 1.54) is 32.1 Å². The molecule has 1 saturated carbocycles. The third-order valence-corrected chi connectivity index (χ3v) is 4.96. The molecule has 1 heterocycles. The van der Waals surface area contributed by atoms with Crippen molar-refractivity contribution in [2.24, 2.45) is 11.8 Å². The van der Waals surface area contributed by atoms with Gasteiger partial charge in [-0.3, -0.25) is 4.79 Å². The lowest BCUT2D eigenvalue weighted by Crippen LogP contribution is -2.44. The lowest BCUT2D eigenvalue weighted by molar-refractivity contribution is -0.128. The monoisotopic (exact) mass is 284 g/mol. The molecule has 3 rings (SSSR count). The number of hydrogen-bond acceptors (Lipinski definition) is 2. The molecule has 1 aliphatic carbocycles. The Bertz CT molecular complexity index is 521. The van der Waals surface area contributed by atoms with Gasteiger partial charge < -0.3 is 10.6 Å². The number of nitrogen functional groups attached to an aromatic ring is 1. The number of amides is 1. The standard InChI is InChI=1S/C18H24N2O/c19-17-8-5-14(6-9-17)7-10-18(21)20-12-11-15-3-1-2-4-16(15)13-20/h5-10,15-16H,1-4,11-13,19H2/b10-7+. The highest BCUT2D eigenvalue weighted by atomic mass is 16.2. The van der Waals surface area contributed by atoms with Gasteiger partial charge in [0.15, 0.2) is 0 Å². The third-order valence-electron chi connectivity index (χ3n) is 4.96. The van der Waals surface area contributed by atoms with Crippen LogP contribution in [0.5, 0.6) is 0 Å². The van der Waals surface area contributed by atoms with Crippen LogP contribution in [-0.4, -0.2) is 23.9 Å². The Labute approximate surface area is 126 Å². The van der Waals surface area contributed by atoms with Crippen molar-refractivity contribution in [1.82, 2.24) is 4.90 Å². The second kappa shape index (κ2) is 6.33. The largest absolute Gasteiger partial charge is 0.399 e. The zero-order valence-electron chi connectivity index (χ0n) is 12.5. The molecule has 2 atom stereocenters. The van der Waals surface area contributed by atoms with E-state index in [0.29, 0.717) is 0 Å². The normalized spacial score (nSPS) is 25.8. The zero-order chi connectivity index (χ0) is 14.7. The van der Waals surface area contributed by atoms with Crippen LogP contribution in [0.2, 0.25) is 0 Å². The van der Waals surface area contributed by atoms with E-state index in [1.54, 1.807) is 6.08 Å². The van der Waals surface area contributed by atoms with E-state index in [2.05, 4.69) is 0 Å². The Morgan fingerprint density at radius 1 is 1.10 bits per heavy atom. The van der Waals surface area contributed by atoms with Crippen molar-refractivity contribution in [3.05, 3.63) is 35.9 Å². The number of fused-ring (bicyclic) bond motifs is 1. The quantitative estimate of drug-likeness (QED) is 0.669. The molecule has 0 bridgehead atoms. The predicted molar refractivity (Wildman–Crippen MR) is 86.5 cm³/mol. The topological polar surface area (TPSA) is 46.3 Å². The van der Waals surface area contributed by atoms with E-state index < -0.39 is 0 Å². The second-order valence-electron chi connectivity index (χ2n) is 6.38. The molecule has 2 fully saturated rings. The average Bonchev–Trinajstić information content (AvgIpc) is 2.53. The van der Waals surface area contributed by atoms with Crippen LogP contribution >= 0.6 is 0 Å². The minimum Gasteiger partial charge on any atom is -0.399 e. The Morgan fingerprint density at radius 2 is 1.81 bits per heavy atom. The number of benzene rings is 1. The first kappa shape index (κ1) is 14.2. The summed E-state index contributed by atoms with van der Waals surface area (Å²) in [5.74, 6) is 1.75. The number of rotatable bonds is 2. The molecule has 112 valence electrons. The summed E-state index contributed by atoms with van der Waals surface area (Å²) >= 11 is 0. The Morgan fingerprint density at radius 3 is 2.57 bits per heavy atom. The van der Waals surface area contributed by atoms with E-state index in [1.807, 2.05) is 35.2 Å². The van der Waals surface area contributed by atoms with Crippen LogP contribution in [0.3, 0.4) is 0 Å². The third kappa shape index (κ3) is 3.46. The van der Waals surface area contributed by atoms with E-state index >= 15 is 0 Å². The van der Waals surface area contributed by atoms with Crippen LogP contribution in [0.15, 0.2) is 30.3 Å². The molecule has 2 N–H and O–H groups in total. The molecule has 1 saturated heterocycles. The number of carbonyl (C=O) groups is 1. The maximum absolute atomic E-state index is 12.3. The Hall–Kier alpha value is -1.77. The molecule has 0 aromatic heterocycles. The van der Waals surface area contributed by atoms with Gasteiger partial charge in [0.25, 0.3) is 0 Å². The highest BCUT2D eigenvalue weighted by Crippen LogP contribution is 2.36. The van der Waals surface area contributed by atoms with Crippen molar-refractivity contribution in [3.63, 3.8) is 0 Å². The van der Waals surface area contributed by atoms with Gasteiger partial charge in [-0.15, -0.1) is 0 Å². The molecule has 3 heteroatoms. The summed E-state index contributed by atoms with van der Waals surface area (Å²) in [6, 6.07) is 7.59. The first-order valence-electron chi connectivity index (χ1n) is 8.05. The fourth-order valence-corrected chi connectivity index (χ4v) is 3.68. The number of nitrogens with two attached hydrogens (primary N) is 1. The first-order chi connectivity index (χ1) is 10.2. The van der Waals surface area contributed by atoms with Crippen LogP contribution in [0.1, 0.15) is 37.7 Å². The summed E-state index contributed by atoms with van der Waals surface area (Å²) in [5, 5.41) is 0. The summed E-state index contributed by atoms with van der Waals surface area (Å²) < 4.78 is 0. The highest BCUT2D eigenvalue weighted by Gasteiger charge is 2.32. The van der Waals surface area contributed by atoms with Crippen molar-refractivity contribution in [2.75, 3.05) is 18.8 Å². The molecule has 1 amide bonds. The summed E-state index contributed by atoms with van der Waals surface area (Å²) in [6.07, 6.45) is 10.2. The van der Waals surface area contributed by atoms with Crippen LogP contribution in [0.25, 0.3) is 6.08 Å². The summed E-state index contributed by atoms with van der Waals surface area (Å²) in [4.78, 5) is 14.4. The van der Waals surface area contributed by atoms with Crippen molar-refractivity contribution >= 4 is 17.7 Å². The van der Waals surface area contributed by atoms with Gasteiger partial charge in [0, 0.05) is 24.9 Å². The average molecular weight is 284 g/mol. The molecule has 2 unspecified atom stereocenters. The number of hydrogen-bond donors (Lipinski definition) is 1. The van der Waals surface area contributed by atoms with Crippen LogP contribution in [0, 0.1) is 11.8 Å². The molecule has 0 spiro atoms. The lowest BCUT2D eigenvalue weighted by atomic mass is 9.75. The predicted octanol–water partition coefficient (Wildman–Crippen LogP) is 3.32. The summed E-state index contributed by atoms with van der Waals surface area (Å²) in [5.41, 5.74) is 7.43.